The molecule has 2 N–H and O–H groups in total. The Morgan fingerprint density at radius 2 is 2.00 bits per heavy atom. The summed E-state index contributed by atoms with van der Waals surface area (Å²) in [7, 11) is 3.20. The molecule has 21 heavy (non-hydrogen) atoms. The number of carboxylic acid groups (broad SMARTS) is 1. The lowest BCUT2D eigenvalue weighted by Gasteiger charge is -2.22. The molecular formula is C15H23NO5. The first-order valence-electron chi connectivity index (χ1n) is 6.86. The highest BCUT2D eigenvalue weighted by Gasteiger charge is 2.11. The second-order valence-electron chi connectivity index (χ2n) is 4.67. The first-order valence-corrected chi connectivity index (χ1v) is 6.86. The van der Waals surface area contributed by atoms with Crippen LogP contribution in [-0.2, 0) is 11.3 Å². The molecule has 0 heterocycles. The van der Waals surface area contributed by atoms with Gasteiger partial charge < -0.3 is 19.7 Å². The highest BCUT2D eigenvalue weighted by atomic mass is 16.5. The van der Waals surface area contributed by atoms with E-state index >= 15 is 0 Å². The molecule has 118 valence electrons. The number of aliphatic hydroxyl groups excluding tert-OH is 1. The van der Waals surface area contributed by atoms with Crippen molar-refractivity contribution < 1.29 is 24.5 Å². The van der Waals surface area contributed by atoms with Gasteiger partial charge in [0.25, 0.3) is 0 Å². The highest BCUT2D eigenvalue weighted by molar-refractivity contribution is 5.66. The van der Waals surface area contributed by atoms with E-state index in [1.807, 2.05) is 23.1 Å². The zero-order valence-corrected chi connectivity index (χ0v) is 12.5. The summed E-state index contributed by atoms with van der Waals surface area (Å²) in [6.45, 7) is 1.69. The Morgan fingerprint density at radius 1 is 1.24 bits per heavy atom. The van der Waals surface area contributed by atoms with Gasteiger partial charge in [-0.1, -0.05) is 0 Å². The lowest BCUT2D eigenvalue weighted by Crippen LogP contribution is -2.28. The van der Waals surface area contributed by atoms with Crippen LogP contribution in [-0.4, -0.2) is 55.0 Å². The summed E-state index contributed by atoms with van der Waals surface area (Å²) in [6.07, 6.45) is 0.665. The van der Waals surface area contributed by atoms with Crippen molar-refractivity contribution in [2.75, 3.05) is 33.9 Å². The van der Waals surface area contributed by atoms with Gasteiger partial charge in [0.05, 0.1) is 20.8 Å². The molecule has 0 spiro atoms. The summed E-state index contributed by atoms with van der Waals surface area (Å²) in [5.74, 6) is 0.676. The lowest BCUT2D eigenvalue weighted by atomic mass is 10.1. The number of carbonyl (C=O) groups is 1. The Labute approximate surface area is 124 Å². The topological polar surface area (TPSA) is 79.2 Å². The molecule has 0 aliphatic rings. The van der Waals surface area contributed by atoms with E-state index in [-0.39, 0.29) is 13.0 Å². The van der Waals surface area contributed by atoms with E-state index in [0.29, 0.717) is 26.1 Å². The maximum Gasteiger partial charge on any atom is 0.303 e. The van der Waals surface area contributed by atoms with Gasteiger partial charge in [-0.05, 0) is 31.2 Å². The monoisotopic (exact) mass is 297 g/mol. The van der Waals surface area contributed by atoms with E-state index < -0.39 is 5.97 Å². The van der Waals surface area contributed by atoms with Crippen LogP contribution in [0.5, 0.6) is 11.5 Å². The van der Waals surface area contributed by atoms with E-state index in [0.717, 1.165) is 17.1 Å². The van der Waals surface area contributed by atoms with Gasteiger partial charge in [-0.15, -0.1) is 0 Å². The zero-order valence-electron chi connectivity index (χ0n) is 12.5. The Balaban J connectivity index is 2.74. The van der Waals surface area contributed by atoms with Crippen LogP contribution < -0.4 is 9.47 Å². The van der Waals surface area contributed by atoms with E-state index in [4.69, 9.17) is 19.7 Å². The zero-order chi connectivity index (χ0) is 15.7. The van der Waals surface area contributed by atoms with Gasteiger partial charge in [-0.25, -0.2) is 0 Å². The second-order valence-corrected chi connectivity index (χ2v) is 4.67. The van der Waals surface area contributed by atoms with Crippen LogP contribution in [0.25, 0.3) is 0 Å². The maximum absolute atomic E-state index is 10.6. The van der Waals surface area contributed by atoms with Crippen molar-refractivity contribution in [2.45, 2.75) is 19.4 Å². The summed E-state index contributed by atoms with van der Waals surface area (Å²) in [4.78, 5) is 12.6. The van der Waals surface area contributed by atoms with Crippen LogP contribution in [0, 0.1) is 0 Å². The third-order valence-electron chi connectivity index (χ3n) is 3.16. The molecule has 6 heteroatoms. The van der Waals surface area contributed by atoms with Gasteiger partial charge in [-0.3, -0.25) is 9.69 Å². The van der Waals surface area contributed by atoms with Crippen molar-refractivity contribution in [3.8, 4) is 11.5 Å². The fourth-order valence-electron chi connectivity index (χ4n) is 2.11. The Morgan fingerprint density at radius 3 is 2.57 bits per heavy atom. The predicted molar refractivity (Wildman–Crippen MR) is 78.8 cm³/mol. The molecule has 1 aromatic rings. The minimum absolute atomic E-state index is 0.0271. The number of aliphatic hydroxyl groups is 1. The van der Waals surface area contributed by atoms with Crippen LogP contribution in [0.4, 0.5) is 0 Å². The van der Waals surface area contributed by atoms with E-state index in [1.54, 1.807) is 14.2 Å². The van der Waals surface area contributed by atoms with Crippen molar-refractivity contribution in [2.24, 2.45) is 0 Å². The molecule has 0 bridgehead atoms. The van der Waals surface area contributed by atoms with Crippen LogP contribution in [0.2, 0.25) is 0 Å². The van der Waals surface area contributed by atoms with E-state index in [1.165, 1.54) is 0 Å². The van der Waals surface area contributed by atoms with Crippen LogP contribution >= 0.6 is 0 Å². The molecular weight excluding hydrogens is 274 g/mol. The number of hydrogen-bond acceptors (Lipinski definition) is 5. The number of carboxylic acids is 1. The summed E-state index contributed by atoms with van der Waals surface area (Å²) >= 11 is 0. The van der Waals surface area contributed by atoms with Crippen molar-refractivity contribution in [1.82, 2.24) is 4.90 Å². The van der Waals surface area contributed by atoms with Gasteiger partial charge in [0.2, 0.25) is 0 Å². The van der Waals surface area contributed by atoms with Gasteiger partial charge in [0, 0.05) is 25.1 Å². The molecule has 0 fully saturated rings. The third-order valence-corrected chi connectivity index (χ3v) is 3.16. The van der Waals surface area contributed by atoms with Crippen molar-refractivity contribution in [1.29, 1.82) is 0 Å². The Hall–Kier alpha value is -1.79. The Kier molecular flexibility index (Phi) is 7.56. The fraction of sp³-hybridized carbons (Fsp3) is 0.533. The standard InChI is InChI=1S/C15H23NO5/c1-20-13-5-6-14(21-2)12(10-13)11-16(8-9-17)7-3-4-15(18)19/h5-6,10,17H,3-4,7-9,11H2,1-2H3,(H,18,19). The number of hydrogen-bond donors (Lipinski definition) is 2. The van der Waals surface area contributed by atoms with Gasteiger partial charge in [-0.2, -0.15) is 0 Å². The Bertz CT molecular complexity index is 450. The van der Waals surface area contributed by atoms with Crippen LogP contribution in [0.1, 0.15) is 18.4 Å². The summed E-state index contributed by atoms with van der Waals surface area (Å²) in [6, 6.07) is 5.55. The molecule has 0 unspecified atom stereocenters. The molecule has 0 saturated carbocycles. The van der Waals surface area contributed by atoms with Gasteiger partial charge in [0.15, 0.2) is 0 Å². The molecule has 0 atom stereocenters. The van der Waals surface area contributed by atoms with E-state index in [2.05, 4.69) is 0 Å². The molecule has 1 rings (SSSR count). The SMILES string of the molecule is COc1ccc(OC)c(CN(CCO)CCCC(=O)O)c1. The average Bonchev–Trinajstić information content (AvgIpc) is 2.47. The summed E-state index contributed by atoms with van der Waals surface area (Å²) in [5.41, 5.74) is 0.945. The number of benzene rings is 1. The highest BCUT2D eigenvalue weighted by Crippen LogP contribution is 2.25. The largest absolute Gasteiger partial charge is 0.497 e. The van der Waals surface area contributed by atoms with Crippen molar-refractivity contribution in [3.05, 3.63) is 23.8 Å². The fourth-order valence-corrected chi connectivity index (χ4v) is 2.11. The third kappa shape index (κ3) is 6.01. The lowest BCUT2D eigenvalue weighted by molar-refractivity contribution is -0.137. The van der Waals surface area contributed by atoms with Crippen LogP contribution in [0.15, 0.2) is 18.2 Å². The van der Waals surface area contributed by atoms with Gasteiger partial charge in [0.1, 0.15) is 11.5 Å². The number of methoxy groups -OCH3 is 2. The maximum atomic E-state index is 10.6. The predicted octanol–water partition coefficient (Wildman–Crippen LogP) is 1.36. The number of rotatable bonds is 10. The number of nitrogens with zero attached hydrogens (tertiary/aromatic N) is 1. The molecule has 1 aromatic carbocycles. The number of ether oxygens (including phenoxy) is 2. The summed E-state index contributed by atoms with van der Waals surface area (Å²) in [5, 5.41) is 17.8. The molecule has 0 aliphatic heterocycles. The smallest absolute Gasteiger partial charge is 0.303 e. The molecule has 6 nitrogen and oxygen atoms in total. The van der Waals surface area contributed by atoms with Crippen molar-refractivity contribution >= 4 is 5.97 Å². The van der Waals surface area contributed by atoms with E-state index in [9.17, 15) is 4.79 Å². The normalized spacial score (nSPS) is 10.7. The van der Waals surface area contributed by atoms with Gasteiger partial charge >= 0.3 is 5.97 Å². The van der Waals surface area contributed by atoms with Crippen LogP contribution in [0.3, 0.4) is 0 Å². The molecule has 0 saturated heterocycles. The molecule has 0 aliphatic carbocycles. The summed E-state index contributed by atoms with van der Waals surface area (Å²) < 4.78 is 10.5. The minimum atomic E-state index is -0.807. The van der Waals surface area contributed by atoms with Crippen molar-refractivity contribution in [3.63, 3.8) is 0 Å². The first kappa shape index (κ1) is 17.3. The minimum Gasteiger partial charge on any atom is -0.497 e. The molecule has 0 aromatic heterocycles. The number of aliphatic carboxylic acids is 1. The molecule has 0 amide bonds. The quantitative estimate of drug-likeness (QED) is 0.679. The first-order chi connectivity index (χ1) is 10.1. The average molecular weight is 297 g/mol. The second kappa shape index (κ2) is 9.20. The molecule has 0 radical (unpaired) electrons.